The molecule has 2 aromatic heterocycles. The van der Waals surface area contributed by atoms with Crippen molar-refractivity contribution >= 4 is 5.82 Å². The fourth-order valence-corrected chi connectivity index (χ4v) is 4.28. The van der Waals surface area contributed by atoms with E-state index >= 15 is 0 Å². The standard InChI is InChI=1S/C23H20F4N4O3/c1-23(26,27)18-9-15(4-5-28-18)34-21-16(24)7-13(8-17(21)25)12-33-19-10-20-30-6-2-3-14(30)11-31(20)22(32)29-19/h4-5,7-10,14H,2-3,6,11-12H2,1H3/t14-/m1/s1. The number of hydrogen-bond acceptors (Lipinski definition) is 6. The maximum atomic E-state index is 14.6. The summed E-state index contributed by atoms with van der Waals surface area (Å²) in [6, 6.07) is 6.08. The predicted octanol–water partition coefficient (Wildman–Crippen LogP) is 4.38. The second-order valence-electron chi connectivity index (χ2n) is 8.38. The molecule has 0 amide bonds. The Balaban J connectivity index is 1.32. The van der Waals surface area contributed by atoms with Gasteiger partial charge in [0, 0.05) is 44.4 Å². The van der Waals surface area contributed by atoms with Crippen molar-refractivity contribution in [3.05, 3.63) is 69.9 Å². The monoisotopic (exact) mass is 476 g/mol. The van der Waals surface area contributed by atoms with Crippen LogP contribution in [0.25, 0.3) is 0 Å². The third-order valence-corrected chi connectivity index (χ3v) is 5.88. The van der Waals surface area contributed by atoms with E-state index in [-0.39, 0.29) is 29.8 Å². The molecule has 4 heterocycles. The molecule has 0 aliphatic carbocycles. The van der Waals surface area contributed by atoms with Crippen LogP contribution in [0.3, 0.4) is 0 Å². The van der Waals surface area contributed by atoms with E-state index in [0.717, 1.165) is 49.6 Å². The molecule has 34 heavy (non-hydrogen) atoms. The Morgan fingerprint density at radius 2 is 1.94 bits per heavy atom. The molecule has 1 saturated heterocycles. The number of ether oxygens (including phenoxy) is 2. The van der Waals surface area contributed by atoms with Crippen molar-refractivity contribution in [2.75, 3.05) is 11.4 Å². The van der Waals surface area contributed by atoms with E-state index in [4.69, 9.17) is 9.47 Å². The van der Waals surface area contributed by atoms with Crippen LogP contribution in [-0.4, -0.2) is 27.1 Å². The molecule has 1 fully saturated rings. The van der Waals surface area contributed by atoms with E-state index in [1.807, 2.05) is 0 Å². The second-order valence-corrected chi connectivity index (χ2v) is 8.38. The van der Waals surface area contributed by atoms with Gasteiger partial charge in [0.2, 0.25) is 5.88 Å². The third-order valence-electron chi connectivity index (χ3n) is 5.88. The van der Waals surface area contributed by atoms with Gasteiger partial charge in [-0.05, 0) is 36.6 Å². The number of pyridine rings is 1. The fourth-order valence-electron chi connectivity index (χ4n) is 4.28. The predicted molar refractivity (Wildman–Crippen MR) is 113 cm³/mol. The fraction of sp³-hybridized carbons (Fsp3) is 0.348. The van der Waals surface area contributed by atoms with Crippen LogP contribution in [0, 0.1) is 11.6 Å². The highest BCUT2D eigenvalue weighted by Crippen LogP contribution is 2.34. The highest BCUT2D eigenvalue weighted by atomic mass is 19.3. The molecule has 0 radical (unpaired) electrons. The molecule has 2 aliphatic heterocycles. The van der Waals surface area contributed by atoms with Gasteiger partial charge in [-0.2, -0.15) is 13.8 Å². The quantitative estimate of drug-likeness (QED) is 0.492. The lowest BCUT2D eigenvalue weighted by atomic mass is 10.2. The lowest BCUT2D eigenvalue weighted by Gasteiger charge is -2.17. The molecule has 0 spiro atoms. The Morgan fingerprint density at radius 3 is 2.68 bits per heavy atom. The van der Waals surface area contributed by atoms with Gasteiger partial charge >= 0.3 is 5.69 Å². The van der Waals surface area contributed by atoms with Crippen LogP contribution in [0.5, 0.6) is 17.4 Å². The lowest BCUT2D eigenvalue weighted by Crippen LogP contribution is -2.24. The van der Waals surface area contributed by atoms with Crippen LogP contribution >= 0.6 is 0 Å². The number of benzene rings is 1. The minimum Gasteiger partial charge on any atom is -0.473 e. The normalized spacial score (nSPS) is 17.0. The first-order chi connectivity index (χ1) is 16.2. The van der Waals surface area contributed by atoms with Crippen molar-refractivity contribution in [1.82, 2.24) is 14.5 Å². The molecule has 0 saturated carbocycles. The third kappa shape index (κ3) is 4.17. The molecule has 2 aliphatic rings. The largest absolute Gasteiger partial charge is 0.473 e. The van der Waals surface area contributed by atoms with E-state index in [1.54, 1.807) is 10.6 Å². The molecule has 0 bridgehead atoms. The summed E-state index contributed by atoms with van der Waals surface area (Å²) in [4.78, 5) is 21.9. The van der Waals surface area contributed by atoms with Crippen molar-refractivity contribution in [3.8, 4) is 17.4 Å². The number of alkyl halides is 2. The van der Waals surface area contributed by atoms with Crippen molar-refractivity contribution in [1.29, 1.82) is 0 Å². The Labute approximate surface area is 191 Å². The summed E-state index contributed by atoms with van der Waals surface area (Å²) in [5.74, 6) is -5.45. The molecule has 0 unspecified atom stereocenters. The van der Waals surface area contributed by atoms with Gasteiger partial charge in [-0.15, -0.1) is 0 Å². The van der Waals surface area contributed by atoms with Gasteiger partial charge in [0.15, 0.2) is 17.4 Å². The minimum atomic E-state index is -3.23. The van der Waals surface area contributed by atoms with Gasteiger partial charge in [-0.25, -0.2) is 13.6 Å². The molecule has 5 rings (SSSR count). The number of hydrogen-bond donors (Lipinski definition) is 0. The lowest BCUT2D eigenvalue weighted by molar-refractivity contribution is 0.0125. The summed E-state index contributed by atoms with van der Waals surface area (Å²) in [5.41, 5.74) is -0.884. The topological polar surface area (TPSA) is 69.5 Å². The molecule has 1 aromatic carbocycles. The first-order valence-corrected chi connectivity index (χ1v) is 10.7. The zero-order valence-corrected chi connectivity index (χ0v) is 18.1. The van der Waals surface area contributed by atoms with Crippen molar-refractivity contribution in [3.63, 3.8) is 0 Å². The molecule has 1 atom stereocenters. The summed E-state index contributed by atoms with van der Waals surface area (Å²) in [6.07, 6.45) is 3.12. The van der Waals surface area contributed by atoms with Gasteiger partial charge in [-0.3, -0.25) is 9.55 Å². The Morgan fingerprint density at radius 1 is 1.18 bits per heavy atom. The van der Waals surface area contributed by atoms with Crippen molar-refractivity contribution < 1.29 is 27.0 Å². The van der Waals surface area contributed by atoms with Gasteiger partial charge in [0.05, 0.1) is 0 Å². The summed E-state index contributed by atoms with van der Waals surface area (Å²) in [5, 5.41) is 0. The van der Waals surface area contributed by atoms with Crippen LogP contribution < -0.4 is 20.1 Å². The van der Waals surface area contributed by atoms with Crippen LogP contribution in [0.4, 0.5) is 23.4 Å². The Bertz CT molecular complexity index is 1290. The summed E-state index contributed by atoms with van der Waals surface area (Å²) in [7, 11) is 0. The second kappa shape index (κ2) is 8.30. The highest BCUT2D eigenvalue weighted by molar-refractivity contribution is 5.48. The minimum absolute atomic E-state index is 0.0646. The van der Waals surface area contributed by atoms with Crippen LogP contribution in [-0.2, 0) is 19.1 Å². The Kier molecular flexibility index (Phi) is 5.41. The average Bonchev–Trinajstić information content (AvgIpc) is 3.37. The molecule has 11 heteroatoms. The summed E-state index contributed by atoms with van der Waals surface area (Å²) >= 11 is 0. The van der Waals surface area contributed by atoms with E-state index in [9.17, 15) is 22.4 Å². The average molecular weight is 476 g/mol. The first kappa shape index (κ1) is 22.2. The van der Waals surface area contributed by atoms with Crippen LogP contribution in [0.2, 0.25) is 0 Å². The van der Waals surface area contributed by atoms with Crippen molar-refractivity contribution in [2.45, 2.75) is 44.9 Å². The number of aromatic nitrogens is 3. The highest BCUT2D eigenvalue weighted by Gasteiger charge is 2.34. The SMILES string of the molecule is CC(F)(F)c1cc(Oc2c(F)cc(COc3cc4n(c(=O)n3)C[C@H]3CCCN43)cc2F)ccn1. The number of rotatable bonds is 6. The molecular weight excluding hydrogens is 456 g/mol. The van der Waals surface area contributed by atoms with Gasteiger partial charge < -0.3 is 14.4 Å². The number of halogens is 4. The van der Waals surface area contributed by atoms with Gasteiger partial charge in [0.25, 0.3) is 5.92 Å². The smallest absolute Gasteiger partial charge is 0.352 e. The number of fused-ring (bicyclic) bond motifs is 3. The Hall–Kier alpha value is -3.63. The van der Waals surface area contributed by atoms with E-state index in [2.05, 4.69) is 14.9 Å². The maximum absolute atomic E-state index is 14.6. The molecule has 7 nitrogen and oxygen atoms in total. The maximum Gasteiger partial charge on any atom is 0.352 e. The van der Waals surface area contributed by atoms with Crippen LogP contribution in [0.15, 0.2) is 41.3 Å². The molecular formula is C23H20F4N4O3. The number of nitrogens with zero attached hydrogens (tertiary/aromatic N) is 4. The van der Waals surface area contributed by atoms with Gasteiger partial charge in [0.1, 0.15) is 23.9 Å². The summed E-state index contributed by atoms with van der Waals surface area (Å²) in [6.45, 7) is 1.85. The van der Waals surface area contributed by atoms with Crippen molar-refractivity contribution in [2.24, 2.45) is 0 Å². The van der Waals surface area contributed by atoms with Crippen LogP contribution in [0.1, 0.15) is 31.0 Å². The summed E-state index contributed by atoms with van der Waals surface area (Å²) < 4.78 is 68.4. The first-order valence-electron chi connectivity index (χ1n) is 10.7. The van der Waals surface area contributed by atoms with E-state index in [0.29, 0.717) is 13.5 Å². The number of anilines is 1. The molecule has 3 aromatic rings. The zero-order valence-electron chi connectivity index (χ0n) is 18.1. The van der Waals surface area contributed by atoms with E-state index < -0.39 is 34.7 Å². The van der Waals surface area contributed by atoms with E-state index in [1.165, 1.54) is 6.07 Å². The zero-order chi connectivity index (χ0) is 24.0. The van der Waals surface area contributed by atoms with Gasteiger partial charge in [-0.1, -0.05) is 0 Å². The molecule has 178 valence electrons. The molecule has 0 N–H and O–H groups in total.